The van der Waals surface area contributed by atoms with E-state index >= 15 is 0 Å². The molecule has 0 saturated heterocycles. The summed E-state index contributed by atoms with van der Waals surface area (Å²) in [6.07, 6.45) is -3.15. The van der Waals surface area contributed by atoms with E-state index in [2.05, 4.69) is 0 Å². The normalized spacial score (nSPS) is 16.4. The molecule has 0 saturated carbocycles. The molecule has 5 nitrogen and oxygen atoms in total. The first-order chi connectivity index (χ1) is 17.3. The fourth-order valence-electron chi connectivity index (χ4n) is 4.25. The quantitative estimate of drug-likeness (QED) is 0.289. The number of carbonyl (C=O) groups is 1. The van der Waals surface area contributed by atoms with Crippen molar-refractivity contribution in [3.63, 3.8) is 0 Å². The van der Waals surface area contributed by atoms with E-state index in [1.807, 2.05) is 0 Å². The highest BCUT2D eigenvalue weighted by Crippen LogP contribution is 2.38. The van der Waals surface area contributed by atoms with Crippen LogP contribution >= 0.6 is 11.6 Å². The molecule has 3 aromatic carbocycles. The molecule has 0 amide bonds. The summed E-state index contributed by atoms with van der Waals surface area (Å²) in [7, 11) is -4.57. The monoisotopic (exact) mass is 553 g/mol. The molecule has 1 atom stereocenters. The fraction of sp³-hybridized carbons (Fsp3) is 0.192. The van der Waals surface area contributed by atoms with Gasteiger partial charge in [0.15, 0.2) is 0 Å². The minimum absolute atomic E-state index is 0.0292. The highest BCUT2D eigenvalue weighted by atomic mass is 35.5. The van der Waals surface area contributed by atoms with E-state index in [1.54, 1.807) is 25.1 Å². The summed E-state index contributed by atoms with van der Waals surface area (Å²) in [4.78, 5) is 11.1. The Hall–Kier alpha value is -3.37. The zero-order valence-electron chi connectivity index (χ0n) is 19.3. The lowest BCUT2D eigenvalue weighted by Gasteiger charge is -2.34. The molecule has 3 aromatic rings. The van der Waals surface area contributed by atoms with Gasteiger partial charge < -0.3 is 5.11 Å². The molecule has 1 aliphatic heterocycles. The maximum absolute atomic E-state index is 14.4. The number of hydrogen-bond donors (Lipinski definition) is 1. The first-order valence-electron chi connectivity index (χ1n) is 11.0. The van der Waals surface area contributed by atoms with Gasteiger partial charge in [0.2, 0.25) is 0 Å². The molecule has 0 aliphatic carbocycles. The zero-order chi connectivity index (χ0) is 27.1. The van der Waals surface area contributed by atoms with Gasteiger partial charge in [0.05, 0.1) is 27.1 Å². The molecule has 11 heteroatoms. The van der Waals surface area contributed by atoms with Crippen molar-refractivity contribution in [2.75, 3.05) is 10.8 Å². The van der Waals surface area contributed by atoms with Gasteiger partial charge in [-0.25, -0.2) is 12.8 Å². The van der Waals surface area contributed by atoms with Crippen LogP contribution in [0, 0.1) is 11.7 Å². The molecule has 0 spiro atoms. The molecular weight excluding hydrogens is 534 g/mol. The van der Waals surface area contributed by atoms with Crippen LogP contribution in [0.2, 0.25) is 5.02 Å². The van der Waals surface area contributed by atoms with Crippen LogP contribution in [0.4, 0.5) is 23.2 Å². The van der Waals surface area contributed by atoms with Gasteiger partial charge in [-0.15, -0.1) is 0 Å². The highest BCUT2D eigenvalue weighted by molar-refractivity contribution is 7.92. The number of carboxylic acids is 1. The number of carboxylic acid groups (broad SMARTS) is 1. The average molecular weight is 554 g/mol. The Balaban J connectivity index is 1.83. The highest BCUT2D eigenvalue weighted by Gasteiger charge is 2.38. The number of hydrogen-bond acceptors (Lipinski definition) is 3. The standard InChI is InChI=1S/C26H20ClF4NO4S/c1-15(24-21(27)6-3-7-22(24)28)10-16-8-9-17-12-18(25(33)34)14-32(23(17)11-16)37(35,36)20-5-2-4-19(13-20)26(29,30)31/h2-11,13,18H,12,14H2,1H3,(H,33,34). The Labute approximate surface area is 215 Å². The number of aliphatic carboxylic acids is 1. The second kappa shape index (κ2) is 9.83. The fourth-order valence-corrected chi connectivity index (χ4v) is 6.15. The van der Waals surface area contributed by atoms with Crippen molar-refractivity contribution in [2.24, 2.45) is 5.92 Å². The molecule has 0 aromatic heterocycles. The molecule has 1 heterocycles. The number of anilines is 1. The van der Waals surface area contributed by atoms with Crippen LogP contribution in [-0.4, -0.2) is 26.0 Å². The van der Waals surface area contributed by atoms with Crippen molar-refractivity contribution in [2.45, 2.75) is 24.4 Å². The largest absolute Gasteiger partial charge is 0.481 e. The summed E-state index contributed by atoms with van der Waals surface area (Å²) in [6.45, 7) is 1.16. The number of rotatable bonds is 5. The lowest BCUT2D eigenvalue weighted by atomic mass is 9.92. The van der Waals surface area contributed by atoms with Crippen LogP contribution in [0.25, 0.3) is 11.6 Å². The molecule has 194 valence electrons. The Morgan fingerprint density at radius 3 is 2.46 bits per heavy atom. The van der Waals surface area contributed by atoms with Gasteiger partial charge in [0.25, 0.3) is 10.0 Å². The Morgan fingerprint density at radius 2 is 1.81 bits per heavy atom. The Morgan fingerprint density at radius 1 is 1.11 bits per heavy atom. The lowest BCUT2D eigenvalue weighted by molar-refractivity contribution is -0.141. The number of halogens is 5. The number of allylic oxidation sites excluding steroid dienone is 1. The van der Waals surface area contributed by atoms with Gasteiger partial charge in [-0.2, -0.15) is 13.2 Å². The summed E-state index contributed by atoms with van der Waals surface area (Å²) in [5.41, 5.74) is 0.475. The van der Waals surface area contributed by atoms with Gasteiger partial charge in [-0.05, 0) is 66.4 Å². The van der Waals surface area contributed by atoms with E-state index in [1.165, 1.54) is 24.3 Å². The first kappa shape index (κ1) is 26.7. The van der Waals surface area contributed by atoms with Crippen LogP contribution in [0.1, 0.15) is 29.2 Å². The van der Waals surface area contributed by atoms with E-state index in [9.17, 15) is 35.9 Å². The van der Waals surface area contributed by atoms with Gasteiger partial charge in [0, 0.05) is 12.1 Å². The number of benzene rings is 3. The minimum Gasteiger partial charge on any atom is -0.481 e. The molecule has 4 rings (SSSR count). The van der Waals surface area contributed by atoms with Crippen LogP contribution in [-0.2, 0) is 27.4 Å². The molecule has 0 fully saturated rings. The van der Waals surface area contributed by atoms with Crippen molar-refractivity contribution in [3.8, 4) is 0 Å². The maximum Gasteiger partial charge on any atom is 0.416 e. The SMILES string of the molecule is CC(=Cc1ccc2c(c1)N(S(=O)(=O)c1cccc(C(F)(F)F)c1)CC(C(=O)O)C2)c1c(F)cccc1Cl. The number of alkyl halides is 3. The summed E-state index contributed by atoms with van der Waals surface area (Å²) < 4.78 is 82.0. The third-order valence-electron chi connectivity index (χ3n) is 6.07. The predicted molar refractivity (Wildman–Crippen MR) is 132 cm³/mol. The average Bonchev–Trinajstić information content (AvgIpc) is 2.82. The topological polar surface area (TPSA) is 74.7 Å². The van der Waals surface area contributed by atoms with Gasteiger partial charge >= 0.3 is 12.1 Å². The van der Waals surface area contributed by atoms with Crippen molar-refractivity contribution in [1.82, 2.24) is 0 Å². The first-order valence-corrected chi connectivity index (χ1v) is 12.8. The molecule has 37 heavy (non-hydrogen) atoms. The van der Waals surface area contributed by atoms with Crippen LogP contribution in [0.3, 0.4) is 0 Å². The van der Waals surface area contributed by atoms with Crippen LogP contribution < -0.4 is 4.31 Å². The second-order valence-corrected chi connectivity index (χ2v) is 10.9. The number of fused-ring (bicyclic) bond motifs is 1. The molecule has 1 N–H and O–H groups in total. The van der Waals surface area contributed by atoms with E-state index < -0.39 is 50.9 Å². The summed E-state index contributed by atoms with van der Waals surface area (Å²) in [5.74, 6) is -2.88. The Kier molecular flexibility index (Phi) is 7.09. The smallest absolute Gasteiger partial charge is 0.416 e. The van der Waals surface area contributed by atoms with E-state index in [0.717, 1.165) is 22.5 Å². The predicted octanol–water partition coefficient (Wildman–Crippen LogP) is 6.51. The maximum atomic E-state index is 14.4. The van der Waals surface area contributed by atoms with Gasteiger partial charge in [-0.1, -0.05) is 41.9 Å². The summed E-state index contributed by atoms with van der Waals surface area (Å²) in [5, 5.41) is 9.78. The van der Waals surface area contributed by atoms with Crippen molar-refractivity contribution < 1.29 is 35.9 Å². The van der Waals surface area contributed by atoms with Gasteiger partial charge in [0.1, 0.15) is 5.82 Å². The lowest BCUT2D eigenvalue weighted by Crippen LogP contribution is -2.42. The van der Waals surface area contributed by atoms with Crippen LogP contribution in [0.5, 0.6) is 0 Å². The molecule has 0 bridgehead atoms. The van der Waals surface area contributed by atoms with E-state index in [4.69, 9.17) is 11.6 Å². The zero-order valence-corrected chi connectivity index (χ0v) is 20.8. The summed E-state index contributed by atoms with van der Waals surface area (Å²) >= 11 is 6.14. The number of sulfonamides is 1. The van der Waals surface area contributed by atoms with Crippen LogP contribution in [0.15, 0.2) is 65.6 Å². The molecule has 1 unspecified atom stereocenters. The van der Waals surface area contributed by atoms with Crippen molar-refractivity contribution in [1.29, 1.82) is 0 Å². The third-order valence-corrected chi connectivity index (χ3v) is 8.16. The van der Waals surface area contributed by atoms with E-state index in [0.29, 0.717) is 22.8 Å². The number of nitrogens with zero attached hydrogens (tertiary/aromatic N) is 1. The van der Waals surface area contributed by atoms with E-state index in [-0.39, 0.29) is 22.7 Å². The molecule has 0 radical (unpaired) electrons. The Bertz CT molecular complexity index is 1500. The summed E-state index contributed by atoms with van der Waals surface area (Å²) in [6, 6.07) is 12.2. The molecular formula is C26H20ClF4NO4S. The molecule has 1 aliphatic rings. The van der Waals surface area contributed by atoms with Crippen molar-refractivity contribution in [3.05, 3.63) is 93.8 Å². The minimum atomic E-state index is -4.77. The second-order valence-electron chi connectivity index (χ2n) is 8.61. The van der Waals surface area contributed by atoms with Gasteiger partial charge in [-0.3, -0.25) is 9.10 Å². The van der Waals surface area contributed by atoms with Crippen molar-refractivity contribution >= 4 is 44.9 Å². The third kappa shape index (κ3) is 5.35.